The van der Waals surface area contributed by atoms with Crippen LogP contribution in [0.2, 0.25) is 0 Å². The van der Waals surface area contributed by atoms with Gasteiger partial charge in [0.15, 0.2) is 0 Å². The lowest BCUT2D eigenvalue weighted by molar-refractivity contribution is 0.0659. The van der Waals surface area contributed by atoms with Crippen LogP contribution in [0.5, 0.6) is 0 Å². The van der Waals surface area contributed by atoms with E-state index in [1.165, 1.54) is 5.56 Å². The smallest absolute Gasteiger partial charge is 0.372 e. The fourth-order valence-electron chi connectivity index (χ4n) is 2.71. The zero-order valence-corrected chi connectivity index (χ0v) is 11.1. The van der Waals surface area contributed by atoms with Gasteiger partial charge in [-0.3, -0.25) is 4.68 Å². The number of hydrogen-bond acceptors (Lipinski definition) is 3. The molecule has 0 saturated carbocycles. The Bertz CT molecular complexity index is 652. The van der Waals surface area contributed by atoms with Crippen molar-refractivity contribution in [3.63, 3.8) is 0 Å². The minimum atomic E-state index is -1.01. The van der Waals surface area contributed by atoms with E-state index in [0.717, 1.165) is 42.8 Å². The zero-order valence-electron chi connectivity index (χ0n) is 11.1. The number of aromatic carboxylic acids is 1. The standard InChI is InChI=1S/C14H16N2O3/c1-3-6-16-7-9-4-5-10-11(12(9)15-16)8(2)13(19-10)14(17)18/h7H,3-6H2,1-2H3,(H,17,18). The molecule has 0 saturated heterocycles. The topological polar surface area (TPSA) is 68.3 Å². The van der Waals surface area contributed by atoms with E-state index in [2.05, 4.69) is 18.2 Å². The Labute approximate surface area is 110 Å². The molecule has 0 radical (unpaired) electrons. The molecule has 2 aromatic rings. The number of nitrogens with zero attached hydrogens (tertiary/aromatic N) is 2. The molecule has 0 aromatic carbocycles. The van der Waals surface area contributed by atoms with Gasteiger partial charge in [0.2, 0.25) is 5.76 Å². The van der Waals surface area contributed by atoms with Gasteiger partial charge >= 0.3 is 5.97 Å². The molecule has 3 rings (SSSR count). The average Bonchev–Trinajstić information content (AvgIpc) is 2.90. The maximum absolute atomic E-state index is 11.1. The zero-order chi connectivity index (χ0) is 13.6. The van der Waals surface area contributed by atoms with E-state index < -0.39 is 5.97 Å². The highest BCUT2D eigenvalue weighted by molar-refractivity contribution is 5.90. The van der Waals surface area contributed by atoms with Gasteiger partial charge in [0.25, 0.3) is 0 Å². The largest absolute Gasteiger partial charge is 0.475 e. The Morgan fingerprint density at radius 3 is 3.00 bits per heavy atom. The second-order valence-electron chi connectivity index (χ2n) is 4.93. The van der Waals surface area contributed by atoms with Crippen LogP contribution in [0.1, 0.15) is 40.8 Å². The quantitative estimate of drug-likeness (QED) is 0.921. The third kappa shape index (κ3) is 1.77. The number of carboxylic acid groups (broad SMARTS) is 1. The van der Waals surface area contributed by atoms with Crippen LogP contribution >= 0.6 is 0 Å². The van der Waals surface area contributed by atoms with Crippen LogP contribution < -0.4 is 0 Å². The van der Waals surface area contributed by atoms with Gasteiger partial charge in [-0.05, 0) is 25.3 Å². The molecule has 1 aliphatic carbocycles. The van der Waals surface area contributed by atoms with Crippen molar-refractivity contribution in [2.45, 2.75) is 39.7 Å². The molecule has 5 nitrogen and oxygen atoms in total. The molecule has 19 heavy (non-hydrogen) atoms. The van der Waals surface area contributed by atoms with E-state index in [4.69, 9.17) is 9.52 Å². The summed E-state index contributed by atoms with van der Waals surface area (Å²) in [5, 5.41) is 13.7. The molecule has 0 fully saturated rings. The summed E-state index contributed by atoms with van der Waals surface area (Å²) >= 11 is 0. The number of carboxylic acids is 1. The number of furan rings is 1. The second kappa shape index (κ2) is 4.26. The number of carbonyl (C=O) groups is 1. The van der Waals surface area contributed by atoms with Crippen molar-refractivity contribution < 1.29 is 14.3 Å². The van der Waals surface area contributed by atoms with Crippen LogP contribution in [-0.2, 0) is 19.4 Å². The third-order valence-electron chi connectivity index (χ3n) is 3.56. The number of hydrogen-bond donors (Lipinski definition) is 1. The lowest BCUT2D eigenvalue weighted by Crippen LogP contribution is -2.01. The first-order valence-electron chi connectivity index (χ1n) is 6.54. The highest BCUT2D eigenvalue weighted by Crippen LogP contribution is 2.38. The summed E-state index contributed by atoms with van der Waals surface area (Å²) in [6, 6.07) is 0. The molecular formula is C14H16N2O3. The van der Waals surface area contributed by atoms with Gasteiger partial charge in [0.05, 0.1) is 5.69 Å². The van der Waals surface area contributed by atoms with Gasteiger partial charge in [0, 0.05) is 30.3 Å². The van der Waals surface area contributed by atoms with E-state index in [1.54, 1.807) is 6.92 Å². The first kappa shape index (κ1) is 12.0. The molecular weight excluding hydrogens is 244 g/mol. The summed E-state index contributed by atoms with van der Waals surface area (Å²) < 4.78 is 7.41. The summed E-state index contributed by atoms with van der Waals surface area (Å²) in [7, 11) is 0. The molecule has 100 valence electrons. The summed E-state index contributed by atoms with van der Waals surface area (Å²) in [5.74, 6) is -0.214. The summed E-state index contributed by atoms with van der Waals surface area (Å²) in [6.45, 7) is 4.78. The van der Waals surface area contributed by atoms with Crippen molar-refractivity contribution in [2.24, 2.45) is 0 Å². The molecule has 0 atom stereocenters. The predicted molar refractivity (Wildman–Crippen MR) is 69.3 cm³/mol. The minimum Gasteiger partial charge on any atom is -0.475 e. The molecule has 1 N–H and O–H groups in total. The van der Waals surface area contributed by atoms with Crippen molar-refractivity contribution in [3.8, 4) is 11.3 Å². The predicted octanol–water partition coefficient (Wildman–Crippen LogP) is 2.66. The summed E-state index contributed by atoms with van der Waals surface area (Å²) in [6.07, 6.45) is 4.69. The van der Waals surface area contributed by atoms with E-state index >= 15 is 0 Å². The minimum absolute atomic E-state index is 0.0443. The monoisotopic (exact) mass is 260 g/mol. The van der Waals surface area contributed by atoms with Gasteiger partial charge in [-0.2, -0.15) is 5.10 Å². The Morgan fingerprint density at radius 1 is 1.53 bits per heavy atom. The molecule has 0 spiro atoms. The number of rotatable bonds is 3. The molecule has 0 bridgehead atoms. The normalized spacial score (nSPS) is 13.2. The van der Waals surface area contributed by atoms with Crippen molar-refractivity contribution in [1.29, 1.82) is 0 Å². The highest BCUT2D eigenvalue weighted by atomic mass is 16.4. The van der Waals surface area contributed by atoms with Crippen LogP contribution in [0.15, 0.2) is 10.6 Å². The molecule has 0 unspecified atom stereocenters. The van der Waals surface area contributed by atoms with Gasteiger partial charge in [0.1, 0.15) is 5.76 Å². The van der Waals surface area contributed by atoms with Crippen molar-refractivity contribution in [3.05, 3.63) is 28.8 Å². The summed E-state index contributed by atoms with van der Waals surface area (Å²) in [4.78, 5) is 11.1. The van der Waals surface area contributed by atoms with Crippen LogP contribution in [0.25, 0.3) is 11.3 Å². The Hall–Kier alpha value is -2.04. The first-order valence-corrected chi connectivity index (χ1v) is 6.54. The van der Waals surface area contributed by atoms with Crippen molar-refractivity contribution in [1.82, 2.24) is 9.78 Å². The molecule has 5 heteroatoms. The highest BCUT2D eigenvalue weighted by Gasteiger charge is 2.29. The van der Waals surface area contributed by atoms with E-state index in [0.29, 0.717) is 5.56 Å². The molecule has 2 aromatic heterocycles. The van der Waals surface area contributed by atoms with E-state index in [-0.39, 0.29) is 5.76 Å². The maximum atomic E-state index is 11.1. The average molecular weight is 260 g/mol. The van der Waals surface area contributed by atoms with Gasteiger partial charge in [-0.25, -0.2) is 4.79 Å². The summed E-state index contributed by atoms with van der Waals surface area (Å²) in [5.41, 5.74) is 3.64. The Morgan fingerprint density at radius 2 is 2.32 bits per heavy atom. The van der Waals surface area contributed by atoms with Crippen LogP contribution in [0, 0.1) is 6.92 Å². The van der Waals surface area contributed by atoms with Gasteiger partial charge in [-0.1, -0.05) is 6.92 Å². The lowest BCUT2D eigenvalue weighted by atomic mass is 9.94. The van der Waals surface area contributed by atoms with Crippen molar-refractivity contribution >= 4 is 5.97 Å². The van der Waals surface area contributed by atoms with E-state index in [9.17, 15) is 4.79 Å². The van der Waals surface area contributed by atoms with Gasteiger partial charge in [-0.15, -0.1) is 0 Å². The third-order valence-corrected chi connectivity index (χ3v) is 3.56. The Kier molecular flexibility index (Phi) is 2.69. The fraction of sp³-hybridized carbons (Fsp3) is 0.429. The fourth-order valence-corrected chi connectivity index (χ4v) is 2.71. The van der Waals surface area contributed by atoms with Gasteiger partial charge < -0.3 is 9.52 Å². The van der Waals surface area contributed by atoms with Crippen LogP contribution in [0.3, 0.4) is 0 Å². The van der Waals surface area contributed by atoms with Crippen LogP contribution in [-0.4, -0.2) is 20.9 Å². The lowest BCUT2D eigenvalue weighted by Gasteiger charge is -2.09. The Balaban J connectivity index is 2.14. The van der Waals surface area contributed by atoms with Crippen LogP contribution in [0.4, 0.5) is 0 Å². The number of aryl methyl sites for hydroxylation is 3. The molecule has 2 heterocycles. The first-order chi connectivity index (χ1) is 9.11. The molecule has 1 aliphatic rings. The number of aromatic nitrogens is 2. The maximum Gasteiger partial charge on any atom is 0.372 e. The van der Waals surface area contributed by atoms with E-state index in [1.807, 2.05) is 4.68 Å². The molecule has 0 amide bonds. The number of fused-ring (bicyclic) bond motifs is 3. The second-order valence-corrected chi connectivity index (χ2v) is 4.93. The SMILES string of the molecule is CCCn1cc2c(n1)-c1c(oc(C(=O)O)c1C)CC2. The van der Waals surface area contributed by atoms with Crippen molar-refractivity contribution in [2.75, 3.05) is 0 Å². The molecule has 0 aliphatic heterocycles.